The normalized spacial score (nSPS) is 12.7. The van der Waals surface area contributed by atoms with Crippen molar-refractivity contribution in [2.45, 2.75) is 84.0 Å². The fourth-order valence-corrected chi connectivity index (χ4v) is 3.04. The third kappa shape index (κ3) is 26.5. The van der Waals surface area contributed by atoms with Gasteiger partial charge in [-0.15, -0.1) is 0 Å². The molecule has 3 N–H and O–H groups in total. The second kappa shape index (κ2) is 21.8. The van der Waals surface area contributed by atoms with Gasteiger partial charge in [-0.25, -0.2) is 4.57 Å². The fourth-order valence-electron chi connectivity index (χ4n) is 2.67. The van der Waals surface area contributed by atoms with Crippen LogP contribution in [0.25, 0.3) is 0 Å². The molecule has 0 aliphatic carbocycles. The van der Waals surface area contributed by atoms with Crippen molar-refractivity contribution >= 4 is 13.7 Å². The lowest BCUT2D eigenvalue weighted by molar-refractivity contribution is -0.121. The predicted octanol–water partition coefficient (Wildman–Crippen LogP) is 6.14. The molecule has 0 atom stereocenters. The zero-order valence-corrected chi connectivity index (χ0v) is 20.0. The summed E-state index contributed by atoms with van der Waals surface area (Å²) in [7, 11) is -4.38. The van der Waals surface area contributed by atoms with Crippen LogP contribution in [0.5, 0.6) is 0 Å². The Bertz CT molecular complexity index is 593. The van der Waals surface area contributed by atoms with Crippen LogP contribution in [0.4, 0.5) is 0 Å². The quantitative estimate of drug-likeness (QED) is 0.116. The van der Waals surface area contributed by atoms with Crippen molar-refractivity contribution in [2.75, 3.05) is 13.2 Å². The molecule has 0 unspecified atom stereocenters. The lowest BCUT2D eigenvalue weighted by atomic mass is 10.2. The Morgan fingerprint density at radius 3 is 1.90 bits per heavy atom. The summed E-state index contributed by atoms with van der Waals surface area (Å²) in [6.45, 7) is 2.71. The van der Waals surface area contributed by atoms with Crippen molar-refractivity contribution in [1.82, 2.24) is 5.32 Å². The number of carbonyl (C=O) groups is 1. The number of amides is 1. The molecule has 0 saturated carbocycles. The molecule has 6 nitrogen and oxygen atoms in total. The smallest absolute Gasteiger partial charge is 0.356 e. The van der Waals surface area contributed by atoms with Gasteiger partial charge >= 0.3 is 7.82 Å². The van der Waals surface area contributed by atoms with Crippen LogP contribution in [0.15, 0.2) is 48.6 Å². The van der Waals surface area contributed by atoms with Crippen molar-refractivity contribution in [1.29, 1.82) is 0 Å². The summed E-state index contributed by atoms with van der Waals surface area (Å²) in [5, 5.41) is 2.80. The van der Waals surface area contributed by atoms with E-state index in [1.54, 1.807) is 0 Å². The highest BCUT2D eigenvalue weighted by molar-refractivity contribution is 7.46. The number of carbonyl (C=O) groups excluding carboxylic acids is 1. The van der Waals surface area contributed by atoms with Crippen molar-refractivity contribution in [3.05, 3.63) is 48.6 Å². The molecule has 0 aliphatic rings. The molecule has 0 aromatic rings. The molecule has 0 bridgehead atoms. The maximum Gasteiger partial charge on any atom is 0.469 e. The molecule has 31 heavy (non-hydrogen) atoms. The minimum atomic E-state index is -4.38. The van der Waals surface area contributed by atoms with Crippen molar-refractivity contribution in [3.63, 3.8) is 0 Å². The van der Waals surface area contributed by atoms with Gasteiger partial charge in [0.2, 0.25) is 5.91 Å². The maximum absolute atomic E-state index is 11.7. The fraction of sp³-hybridized carbons (Fsp3) is 0.625. The Hall–Kier alpha value is -1.46. The molecule has 0 radical (unpaired) electrons. The summed E-state index contributed by atoms with van der Waals surface area (Å²) >= 11 is 0. The molecule has 0 rings (SSSR count). The van der Waals surface area contributed by atoms with Crippen LogP contribution >= 0.6 is 7.82 Å². The number of nitrogens with one attached hydrogen (secondary N) is 1. The largest absolute Gasteiger partial charge is 0.469 e. The Morgan fingerprint density at radius 2 is 1.35 bits per heavy atom. The van der Waals surface area contributed by atoms with Gasteiger partial charge < -0.3 is 15.1 Å². The second-order valence-corrected chi connectivity index (χ2v) is 8.60. The maximum atomic E-state index is 11.7. The third-order valence-corrected chi connectivity index (χ3v) is 4.90. The minimum Gasteiger partial charge on any atom is -0.356 e. The first-order valence-electron chi connectivity index (χ1n) is 11.5. The monoisotopic (exact) mass is 455 g/mol. The lowest BCUT2D eigenvalue weighted by Crippen LogP contribution is -2.24. The van der Waals surface area contributed by atoms with E-state index < -0.39 is 7.82 Å². The summed E-state index contributed by atoms with van der Waals surface area (Å²) in [6.07, 6.45) is 28.7. The summed E-state index contributed by atoms with van der Waals surface area (Å²) < 4.78 is 14.8. The van der Waals surface area contributed by atoms with Gasteiger partial charge in [-0.1, -0.05) is 68.4 Å². The lowest BCUT2D eigenvalue weighted by Gasteiger charge is -2.06. The van der Waals surface area contributed by atoms with E-state index in [0.29, 0.717) is 25.8 Å². The Kier molecular flexibility index (Phi) is 20.7. The summed E-state index contributed by atoms with van der Waals surface area (Å²) in [4.78, 5) is 28.8. The van der Waals surface area contributed by atoms with Gasteiger partial charge in [0.25, 0.3) is 0 Å². The molecule has 0 spiro atoms. The Balaban J connectivity index is 3.48. The number of unbranched alkanes of at least 4 members (excludes halogenated alkanes) is 5. The summed E-state index contributed by atoms with van der Waals surface area (Å²) in [5.74, 6) is 0.00629. The number of allylic oxidation sites excluding steroid dienone is 8. The van der Waals surface area contributed by atoms with Gasteiger partial charge in [0.15, 0.2) is 0 Å². The van der Waals surface area contributed by atoms with Gasteiger partial charge in [-0.3, -0.25) is 9.32 Å². The zero-order chi connectivity index (χ0) is 23.0. The van der Waals surface area contributed by atoms with Crippen LogP contribution < -0.4 is 5.32 Å². The zero-order valence-electron chi connectivity index (χ0n) is 19.1. The average molecular weight is 456 g/mol. The standard InChI is InChI=1S/C24H42NO5P/c1-2-3-4-5-6-7-8-9-10-11-12-13-14-15-16-17-18-21-24(26)25-22-19-20-23-30-31(27,28)29/h6-7,9-10,12-13,15-16H,2-5,8,11,14,17-23H2,1H3,(H,25,26)(H2,27,28,29)/b7-6-,10-9-,13-12-,16-15-. The number of hydrogen-bond acceptors (Lipinski definition) is 3. The third-order valence-electron chi connectivity index (χ3n) is 4.38. The van der Waals surface area contributed by atoms with E-state index in [2.05, 4.69) is 65.4 Å². The van der Waals surface area contributed by atoms with Gasteiger partial charge in [-0.2, -0.15) is 0 Å². The van der Waals surface area contributed by atoms with Crippen LogP contribution in [0.3, 0.4) is 0 Å². The molecule has 0 fully saturated rings. The Morgan fingerprint density at radius 1 is 0.806 bits per heavy atom. The van der Waals surface area contributed by atoms with Crippen molar-refractivity contribution < 1.29 is 23.7 Å². The number of phosphoric ester groups is 1. The summed E-state index contributed by atoms with van der Waals surface area (Å²) in [6, 6.07) is 0. The molecule has 0 aromatic heterocycles. The second-order valence-electron chi connectivity index (χ2n) is 7.36. The molecule has 0 aromatic carbocycles. The van der Waals surface area contributed by atoms with E-state index in [1.165, 1.54) is 25.7 Å². The Labute approximate surface area is 188 Å². The van der Waals surface area contributed by atoms with E-state index in [-0.39, 0.29) is 12.5 Å². The number of phosphoric acid groups is 1. The SMILES string of the molecule is CCCCC/C=C\C/C=C\C/C=C\C/C=C\CCCC(=O)NCCCCOP(=O)(O)O. The first-order chi connectivity index (χ1) is 15.0. The van der Waals surface area contributed by atoms with Crippen LogP contribution in [0.2, 0.25) is 0 Å². The molecule has 178 valence electrons. The first kappa shape index (κ1) is 29.5. The first-order valence-corrected chi connectivity index (χ1v) is 13.1. The van der Waals surface area contributed by atoms with E-state index in [1.807, 2.05) is 0 Å². The van der Waals surface area contributed by atoms with E-state index in [4.69, 9.17) is 9.79 Å². The molecule has 0 heterocycles. The topological polar surface area (TPSA) is 95.9 Å². The number of rotatable bonds is 20. The highest BCUT2D eigenvalue weighted by Crippen LogP contribution is 2.35. The van der Waals surface area contributed by atoms with Crippen molar-refractivity contribution in [3.8, 4) is 0 Å². The molecular weight excluding hydrogens is 413 g/mol. The molecule has 0 aliphatic heterocycles. The highest BCUT2D eigenvalue weighted by Gasteiger charge is 2.12. The van der Waals surface area contributed by atoms with Gasteiger partial charge in [0.05, 0.1) is 6.61 Å². The van der Waals surface area contributed by atoms with E-state index in [0.717, 1.165) is 32.1 Å². The molecule has 7 heteroatoms. The van der Waals surface area contributed by atoms with Gasteiger partial charge in [0.1, 0.15) is 0 Å². The highest BCUT2D eigenvalue weighted by atomic mass is 31.2. The number of hydrogen-bond donors (Lipinski definition) is 3. The average Bonchev–Trinajstić information content (AvgIpc) is 2.72. The van der Waals surface area contributed by atoms with Crippen LogP contribution in [-0.2, 0) is 13.9 Å². The predicted molar refractivity (Wildman–Crippen MR) is 129 cm³/mol. The van der Waals surface area contributed by atoms with Crippen LogP contribution in [-0.4, -0.2) is 28.8 Å². The molecule has 0 saturated heterocycles. The summed E-state index contributed by atoms with van der Waals surface area (Å²) in [5.41, 5.74) is 0. The van der Waals surface area contributed by atoms with Crippen LogP contribution in [0.1, 0.15) is 84.0 Å². The van der Waals surface area contributed by atoms with Gasteiger partial charge in [0, 0.05) is 13.0 Å². The van der Waals surface area contributed by atoms with Crippen molar-refractivity contribution in [2.24, 2.45) is 0 Å². The van der Waals surface area contributed by atoms with Crippen LogP contribution in [0, 0.1) is 0 Å². The van der Waals surface area contributed by atoms with Gasteiger partial charge in [-0.05, 0) is 57.8 Å². The van der Waals surface area contributed by atoms with E-state index >= 15 is 0 Å². The molecule has 1 amide bonds. The molecular formula is C24H42NO5P. The van der Waals surface area contributed by atoms with E-state index in [9.17, 15) is 9.36 Å². The minimum absolute atomic E-state index is 0.00629.